The van der Waals surface area contributed by atoms with Gasteiger partial charge in [0.2, 0.25) is 0 Å². The van der Waals surface area contributed by atoms with Crippen LogP contribution in [0.15, 0.2) is 42.1 Å². The van der Waals surface area contributed by atoms with Gasteiger partial charge in [-0.3, -0.25) is 4.79 Å². The van der Waals surface area contributed by atoms with E-state index in [1.54, 1.807) is 19.1 Å². The Bertz CT molecular complexity index is 471. The summed E-state index contributed by atoms with van der Waals surface area (Å²) in [6.07, 6.45) is 0. The molecule has 0 atom stereocenters. The molecule has 0 saturated heterocycles. The van der Waals surface area contributed by atoms with E-state index < -0.39 is 0 Å². The molecule has 1 N–H and O–H groups in total. The van der Waals surface area contributed by atoms with Gasteiger partial charge in [0.15, 0.2) is 0 Å². The summed E-state index contributed by atoms with van der Waals surface area (Å²) in [4.78, 5) is 11.4. The summed E-state index contributed by atoms with van der Waals surface area (Å²) in [5.74, 6) is -0.0788. The number of nitrogens with one attached hydrogen (secondary N) is 1. The Morgan fingerprint density at radius 1 is 1.27 bits per heavy atom. The molecule has 0 saturated carbocycles. The van der Waals surface area contributed by atoms with Gasteiger partial charge < -0.3 is 5.32 Å². The van der Waals surface area contributed by atoms with Crippen LogP contribution in [0.25, 0.3) is 5.57 Å². The number of allylic oxidation sites excluding steroid dienone is 1. The summed E-state index contributed by atoms with van der Waals surface area (Å²) >= 11 is 5.80. The fraction of sp³-hybridized carbons (Fsp3) is 0.0833. The van der Waals surface area contributed by atoms with Crippen molar-refractivity contribution in [2.45, 2.75) is 6.92 Å². The van der Waals surface area contributed by atoms with Gasteiger partial charge in [-0.25, -0.2) is 0 Å². The highest BCUT2D eigenvalue weighted by Gasteiger charge is 2.22. The first-order chi connectivity index (χ1) is 7.09. The van der Waals surface area contributed by atoms with Crippen LogP contribution >= 0.6 is 11.6 Å². The molecule has 0 aliphatic carbocycles. The van der Waals surface area contributed by atoms with E-state index in [1.165, 1.54) is 0 Å². The molecule has 15 heavy (non-hydrogen) atoms. The predicted molar refractivity (Wildman–Crippen MR) is 61.3 cm³/mol. The largest absolute Gasteiger partial charge is 0.322 e. The van der Waals surface area contributed by atoms with E-state index in [-0.39, 0.29) is 5.91 Å². The summed E-state index contributed by atoms with van der Waals surface area (Å²) in [6, 6.07) is 7.36. The molecule has 1 heterocycles. The summed E-state index contributed by atoms with van der Waals surface area (Å²) < 4.78 is 0. The van der Waals surface area contributed by atoms with Crippen LogP contribution in [0.4, 0.5) is 0 Å². The molecule has 0 unspecified atom stereocenters. The van der Waals surface area contributed by atoms with Gasteiger partial charge in [0, 0.05) is 21.9 Å². The van der Waals surface area contributed by atoms with Crippen molar-refractivity contribution in [3.05, 3.63) is 52.7 Å². The third-order valence-electron chi connectivity index (χ3n) is 2.41. The third kappa shape index (κ3) is 1.68. The summed E-state index contributed by atoms with van der Waals surface area (Å²) in [7, 11) is 0. The molecule has 0 spiro atoms. The van der Waals surface area contributed by atoms with Crippen LogP contribution in [-0.4, -0.2) is 5.91 Å². The zero-order valence-electron chi connectivity index (χ0n) is 8.30. The van der Waals surface area contributed by atoms with Gasteiger partial charge in [-0.15, -0.1) is 0 Å². The number of amides is 1. The number of rotatable bonds is 1. The lowest BCUT2D eigenvalue weighted by Gasteiger charge is -2.04. The monoisotopic (exact) mass is 219 g/mol. The van der Waals surface area contributed by atoms with E-state index in [0.717, 1.165) is 11.1 Å². The van der Waals surface area contributed by atoms with E-state index in [1.807, 2.05) is 12.1 Å². The molecule has 0 radical (unpaired) electrons. The Hall–Kier alpha value is -1.54. The molecule has 0 bridgehead atoms. The fourth-order valence-corrected chi connectivity index (χ4v) is 1.77. The highest BCUT2D eigenvalue weighted by molar-refractivity contribution is 6.30. The number of carbonyl (C=O) groups is 1. The summed E-state index contributed by atoms with van der Waals surface area (Å²) in [6.45, 7) is 5.60. The Balaban J connectivity index is 2.51. The third-order valence-corrected chi connectivity index (χ3v) is 2.67. The van der Waals surface area contributed by atoms with Gasteiger partial charge in [0.25, 0.3) is 5.91 Å². The average molecular weight is 220 g/mol. The van der Waals surface area contributed by atoms with E-state index >= 15 is 0 Å². The SMILES string of the molecule is C=C1NC(=O)C(C)=C1c1ccc(Cl)cc1. The minimum absolute atomic E-state index is 0.0788. The highest BCUT2D eigenvalue weighted by atomic mass is 35.5. The minimum atomic E-state index is -0.0788. The fourth-order valence-electron chi connectivity index (χ4n) is 1.64. The molecule has 76 valence electrons. The van der Waals surface area contributed by atoms with Gasteiger partial charge >= 0.3 is 0 Å². The Kier molecular flexibility index (Phi) is 2.37. The quantitative estimate of drug-likeness (QED) is 0.773. The first-order valence-corrected chi connectivity index (χ1v) is 4.95. The number of carbonyl (C=O) groups excluding carboxylic acids is 1. The van der Waals surface area contributed by atoms with Crippen LogP contribution in [0.3, 0.4) is 0 Å². The Morgan fingerprint density at radius 3 is 2.33 bits per heavy atom. The van der Waals surface area contributed by atoms with Crippen molar-refractivity contribution in [2.24, 2.45) is 0 Å². The molecule has 1 amide bonds. The molecule has 2 rings (SSSR count). The number of hydrogen-bond donors (Lipinski definition) is 1. The lowest BCUT2D eigenvalue weighted by molar-refractivity contribution is -0.116. The van der Waals surface area contributed by atoms with E-state index in [0.29, 0.717) is 16.3 Å². The van der Waals surface area contributed by atoms with Gasteiger partial charge in [0.05, 0.1) is 0 Å². The minimum Gasteiger partial charge on any atom is -0.322 e. The summed E-state index contributed by atoms with van der Waals surface area (Å²) in [5.41, 5.74) is 3.18. The molecular weight excluding hydrogens is 210 g/mol. The van der Waals surface area contributed by atoms with Crippen molar-refractivity contribution in [1.29, 1.82) is 0 Å². The average Bonchev–Trinajstić information content (AvgIpc) is 2.44. The molecule has 2 nitrogen and oxygen atoms in total. The van der Waals surface area contributed by atoms with Crippen molar-refractivity contribution < 1.29 is 4.79 Å². The highest BCUT2D eigenvalue weighted by Crippen LogP contribution is 2.29. The smallest absolute Gasteiger partial charge is 0.251 e. The molecule has 1 aromatic rings. The van der Waals surface area contributed by atoms with Gasteiger partial charge in [-0.1, -0.05) is 30.3 Å². The normalized spacial score (nSPS) is 15.9. The van der Waals surface area contributed by atoms with Crippen LogP contribution in [0.5, 0.6) is 0 Å². The van der Waals surface area contributed by atoms with Crippen molar-refractivity contribution in [3.63, 3.8) is 0 Å². The maximum absolute atomic E-state index is 11.4. The molecule has 0 fully saturated rings. The van der Waals surface area contributed by atoms with Crippen LogP contribution < -0.4 is 5.32 Å². The summed E-state index contributed by atoms with van der Waals surface area (Å²) in [5, 5.41) is 3.37. The van der Waals surface area contributed by atoms with Crippen LogP contribution in [-0.2, 0) is 4.79 Å². The predicted octanol–water partition coefficient (Wildman–Crippen LogP) is 2.76. The van der Waals surface area contributed by atoms with E-state index in [2.05, 4.69) is 11.9 Å². The van der Waals surface area contributed by atoms with Crippen LogP contribution in [0.1, 0.15) is 12.5 Å². The zero-order chi connectivity index (χ0) is 11.0. The van der Waals surface area contributed by atoms with Crippen LogP contribution in [0.2, 0.25) is 5.02 Å². The van der Waals surface area contributed by atoms with Crippen molar-refractivity contribution >= 4 is 23.1 Å². The second kappa shape index (κ2) is 3.55. The first-order valence-electron chi connectivity index (χ1n) is 4.57. The second-order valence-electron chi connectivity index (χ2n) is 3.44. The lowest BCUT2D eigenvalue weighted by atomic mass is 10.0. The standard InChI is InChI=1S/C12H10ClNO/c1-7-11(8(2)14-12(7)15)9-3-5-10(13)6-4-9/h3-6H,2H2,1H3,(H,14,15). The maximum Gasteiger partial charge on any atom is 0.251 e. The molecule has 0 aromatic heterocycles. The first kappa shape index (κ1) is 9.99. The maximum atomic E-state index is 11.4. The molecule has 3 heteroatoms. The number of benzene rings is 1. The molecule has 1 aliphatic heterocycles. The van der Waals surface area contributed by atoms with Crippen LogP contribution in [0, 0.1) is 0 Å². The Morgan fingerprint density at radius 2 is 1.87 bits per heavy atom. The molecule has 1 aromatic carbocycles. The zero-order valence-corrected chi connectivity index (χ0v) is 9.06. The number of halogens is 1. The Labute approximate surface area is 93.3 Å². The van der Waals surface area contributed by atoms with Crippen molar-refractivity contribution in [1.82, 2.24) is 5.32 Å². The van der Waals surface area contributed by atoms with Gasteiger partial charge in [-0.2, -0.15) is 0 Å². The van der Waals surface area contributed by atoms with Crippen molar-refractivity contribution in [2.75, 3.05) is 0 Å². The van der Waals surface area contributed by atoms with E-state index in [4.69, 9.17) is 11.6 Å². The van der Waals surface area contributed by atoms with Gasteiger partial charge in [-0.05, 0) is 24.6 Å². The topological polar surface area (TPSA) is 29.1 Å². The number of hydrogen-bond acceptors (Lipinski definition) is 1. The molecule has 1 aliphatic rings. The second-order valence-corrected chi connectivity index (χ2v) is 3.88. The lowest BCUT2D eigenvalue weighted by Crippen LogP contribution is -2.14. The van der Waals surface area contributed by atoms with E-state index in [9.17, 15) is 4.79 Å². The van der Waals surface area contributed by atoms with Gasteiger partial charge in [0.1, 0.15) is 0 Å². The van der Waals surface area contributed by atoms with Crippen molar-refractivity contribution in [3.8, 4) is 0 Å². The molecular formula is C12H10ClNO.